The Balaban J connectivity index is 1.48. The van der Waals surface area contributed by atoms with Crippen LogP contribution in [0.15, 0.2) is 72.6 Å². The summed E-state index contributed by atoms with van der Waals surface area (Å²) < 4.78 is 13.6. The first-order valence-electron chi connectivity index (χ1n) is 11.8. The lowest BCUT2D eigenvalue weighted by Crippen LogP contribution is -3.06. The maximum atomic E-state index is 13.2. The molecule has 2 heterocycles. The third-order valence-electron chi connectivity index (χ3n) is 6.47. The Labute approximate surface area is 204 Å². The predicted octanol–water partition coefficient (Wildman–Crippen LogP) is 3.57. The van der Waals surface area contributed by atoms with Gasteiger partial charge < -0.3 is 24.0 Å². The molecule has 0 saturated carbocycles. The highest BCUT2D eigenvalue weighted by atomic mass is 16.5. The van der Waals surface area contributed by atoms with Gasteiger partial charge in [-0.05, 0) is 37.3 Å². The van der Waals surface area contributed by atoms with Crippen LogP contribution in [0, 0.1) is 0 Å². The Bertz CT molecular complexity index is 1440. The molecular formula is C29H28N2O4. The molecule has 0 fully saturated rings. The minimum atomic E-state index is -0.206. The molecule has 1 unspecified atom stereocenters. The summed E-state index contributed by atoms with van der Waals surface area (Å²) >= 11 is 0. The van der Waals surface area contributed by atoms with E-state index < -0.39 is 0 Å². The van der Waals surface area contributed by atoms with Crippen molar-refractivity contribution in [1.82, 2.24) is 4.57 Å². The van der Waals surface area contributed by atoms with Gasteiger partial charge in [0.1, 0.15) is 24.6 Å². The number of carbonyl (C=O) groups excluding carboxylic acids is 1. The van der Waals surface area contributed by atoms with Crippen LogP contribution in [0.4, 0.5) is 0 Å². The fraction of sp³-hybridized carbons (Fsp3) is 0.207. The molecule has 0 bridgehead atoms. The van der Waals surface area contributed by atoms with Crippen LogP contribution in [0.3, 0.4) is 0 Å². The van der Waals surface area contributed by atoms with Crippen LogP contribution >= 0.6 is 0 Å². The molecule has 0 spiro atoms. The summed E-state index contributed by atoms with van der Waals surface area (Å²) in [6.45, 7) is 4.09. The van der Waals surface area contributed by atoms with Crippen molar-refractivity contribution in [1.29, 1.82) is 0 Å². The maximum Gasteiger partial charge on any atom is 0.231 e. The first-order chi connectivity index (χ1) is 17.0. The monoisotopic (exact) mass is 468 g/mol. The third-order valence-corrected chi connectivity index (χ3v) is 6.47. The Morgan fingerprint density at radius 1 is 1.09 bits per heavy atom. The largest absolute Gasteiger partial charge is 0.872 e. The molecular weight excluding hydrogens is 440 g/mol. The van der Waals surface area contributed by atoms with E-state index in [2.05, 4.69) is 23.6 Å². The van der Waals surface area contributed by atoms with E-state index in [4.69, 9.17) is 9.47 Å². The summed E-state index contributed by atoms with van der Waals surface area (Å²) in [7, 11) is 3.67. The molecule has 1 N–H and O–H groups in total. The number of carbonyl (C=O) groups is 1. The average molecular weight is 469 g/mol. The number of nitrogens with zero attached hydrogens (tertiary/aromatic N) is 1. The second-order valence-corrected chi connectivity index (χ2v) is 8.91. The zero-order valence-corrected chi connectivity index (χ0v) is 20.1. The molecule has 178 valence electrons. The van der Waals surface area contributed by atoms with E-state index in [0.717, 1.165) is 40.2 Å². The normalized spacial score (nSPS) is 14.8. The molecule has 6 heteroatoms. The van der Waals surface area contributed by atoms with Crippen LogP contribution in [0.2, 0.25) is 0 Å². The highest BCUT2D eigenvalue weighted by Gasteiger charge is 2.31. The molecule has 0 amide bonds. The third kappa shape index (κ3) is 4.29. The molecule has 0 aliphatic carbocycles. The Morgan fingerprint density at radius 2 is 1.89 bits per heavy atom. The predicted molar refractivity (Wildman–Crippen MR) is 134 cm³/mol. The lowest BCUT2D eigenvalue weighted by Gasteiger charge is -2.20. The van der Waals surface area contributed by atoms with Gasteiger partial charge in [-0.3, -0.25) is 4.79 Å². The zero-order valence-electron chi connectivity index (χ0n) is 20.1. The standard InChI is InChI=1S/C29H28N2O4/c1-4-31-17-20(23-15-21(34-3)10-12-25(23)31)14-27-28(33)22-11-13-26(32)24(29(22)35-27)18-30(2)16-19-8-6-5-7-9-19/h5-15,17,32H,4,16,18H2,1-3H3/b27-14-. The van der Waals surface area contributed by atoms with Crippen LogP contribution in [0.25, 0.3) is 17.0 Å². The molecule has 0 saturated heterocycles. The van der Waals surface area contributed by atoms with Gasteiger partial charge in [0.25, 0.3) is 0 Å². The summed E-state index contributed by atoms with van der Waals surface area (Å²) in [6.07, 6.45) is 3.78. The van der Waals surface area contributed by atoms with Gasteiger partial charge in [-0.25, -0.2) is 0 Å². The van der Waals surface area contributed by atoms with Crippen LogP contribution in [-0.2, 0) is 19.6 Å². The van der Waals surface area contributed by atoms with E-state index in [1.165, 1.54) is 11.6 Å². The smallest absolute Gasteiger partial charge is 0.231 e. The van der Waals surface area contributed by atoms with Crippen molar-refractivity contribution in [3.05, 3.63) is 94.9 Å². The first-order valence-corrected chi connectivity index (χ1v) is 11.8. The van der Waals surface area contributed by atoms with Gasteiger partial charge in [-0.1, -0.05) is 42.1 Å². The molecule has 1 aliphatic heterocycles. The number of ether oxygens (including phenoxy) is 2. The van der Waals surface area contributed by atoms with Crippen molar-refractivity contribution in [3.8, 4) is 17.2 Å². The van der Waals surface area contributed by atoms with Gasteiger partial charge in [-0.2, -0.15) is 0 Å². The molecule has 5 rings (SSSR count). The van der Waals surface area contributed by atoms with E-state index in [9.17, 15) is 9.90 Å². The second kappa shape index (κ2) is 9.31. The molecule has 3 aromatic carbocycles. The Morgan fingerprint density at radius 3 is 2.63 bits per heavy atom. The molecule has 35 heavy (non-hydrogen) atoms. The van der Waals surface area contributed by atoms with Gasteiger partial charge in [-0.15, -0.1) is 0 Å². The lowest BCUT2D eigenvalue weighted by atomic mass is 10.0. The van der Waals surface area contributed by atoms with Gasteiger partial charge in [0, 0.05) is 40.3 Å². The van der Waals surface area contributed by atoms with E-state index in [1.54, 1.807) is 19.3 Å². The summed E-state index contributed by atoms with van der Waals surface area (Å²) in [5.74, 6) is 1.04. The highest BCUT2D eigenvalue weighted by molar-refractivity contribution is 6.15. The van der Waals surface area contributed by atoms with Crippen molar-refractivity contribution < 1.29 is 24.3 Å². The fourth-order valence-corrected chi connectivity index (χ4v) is 4.71. The Kier molecular flexibility index (Phi) is 6.05. The van der Waals surface area contributed by atoms with E-state index >= 15 is 0 Å². The van der Waals surface area contributed by atoms with Crippen molar-refractivity contribution in [2.45, 2.75) is 26.6 Å². The van der Waals surface area contributed by atoms with Gasteiger partial charge in [0.05, 0.1) is 19.7 Å². The van der Waals surface area contributed by atoms with Crippen molar-refractivity contribution in [2.24, 2.45) is 0 Å². The van der Waals surface area contributed by atoms with Crippen LogP contribution < -0.4 is 19.5 Å². The van der Waals surface area contributed by atoms with Crippen molar-refractivity contribution >= 4 is 22.8 Å². The fourth-order valence-electron chi connectivity index (χ4n) is 4.71. The number of quaternary nitrogens is 1. The second-order valence-electron chi connectivity index (χ2n) is 8.91. The minimum Gasteiger partial charge on any atom is -0.872 e. The Hall–Kier alpha value is -4.03. The maximum absolute atomic E-state index is 13.2. The van der Waals surface area contributed by atoms with E-state index in [0.29, 0.717) is 23.4 Å². The van der Waals surface area contributed by atoms with Crippen molar-refractivity contribution in [3.63, 3.8) is 0 Å². The number of rotatable bonds is 7. The number of methoxy groups -OCH3 is 1. The van der Waals surface area contributed by atoms with Crippen molar-refractivity contribution in [2.75, 3.05) is 14.2 Å². The average Bonchev–Trinajstić information content (AvgIpc) is 3.38. The number of allylic oxidation sites excluding steroid dienone is 1. The quantitative estimate of drug-likeness (QED) is 0.421. The number of aryl methyl sites for hydroxylation is 1. The molecule has 1 aliphatic rings. The number of aromatic nitrogens is 1. The molecule has 4 aromatic rings. The molecule has 6 nitrogen and oxygen atoms in total. The summed E-state index contributed by atoms with van der Waals surface area (Å²) in [5.41, 5.74) is 4.08. The minimum absolute atomic E-state index is 0.113. The van der Waals surface area contributed by atoms with E-state index in [-0.39, 0.29) is 17.3 Å². The van der Waals surface area contributed by atoms with Gasteiger partial charge in [0.15, 0.2) is 5.76 Å². The topological polar surface area (TPSA) is 68.0 Å². The number of hydrogen-bond acceptors (Lipinski definition) is 4. The number of nitrogens with one attached hydrogen (secondary N) is 1. The number of benzene rings is 3. The van der Waals surface area contributed by atoms with Crippen LogP contribution in [0.1, 0.15) is 34.0 Å². The molecule has 1 aromatic heterocycles. The summed E-state index contributed by atoms with van der Waals surface area (Å²) in [4.78, 5) is 14.4. The van der Waals surface area contributed by atoms with E-state index in [1.807, 2.05) is 49.6 Å². The van der Waals surface area contributed by atoms with Gasteiger partial charge >= 0.3 is 0 Å². The number of hydrogen-bond donors (Lipinski definition) is 1. The first kappa shape index (κ1) is 22.7. The summed E-state index contributed by atoms with van der Waals surface area (Å²) in [6, 6.07) is 19.1. The number of Topliss-reactive ketones (excluding diaryl/α,β-unsaturated/α-hetero) is 1. The van der Waals surface area contributed by atoms with Crippen LogP contribution in [-0.4, -0.2) is 24.5 Å². The number of fused-ring (bicyclic) bond motifs is 2. The molecule has 0 radical (unpaired) electrons. The summed E-state index contributed by atoms with van der Waals surface area (Å²) in [5, 5.41) is 13.8. The molecule has 1 atom stereocenters. The number of ketones is 1. The lowest BCUT2D eigenvalue weighted by molar-refractivity contribution is -0.907. The SMILES string of the molecule is CCn1cc(/C=C2\Oc3c(ccc([O-])c3C[NH+](C)Cc3ccccc3)C2=O)c2cc(OC)ccc21. The van der Waals surface area contributed by atoms with Gasteiger partial charge in [0.2, 0.25) is 5.78 Å². The van der Waals surface area contributed by atoms with Crippen LogP contribution in [0.5, 0.6) is 17.2 Å². The highest BCUT2D eigenvalue weighted by Crippen LogP contribution is 2.39. The zero-order chi connectivity index (χ0) is 24.5.